The molecular weight excluding hydrogens is 452 g/mol. The van der Waals surface area contributed by atoms with E-state index in [4.69, 9.17) is 16.3 Å². The molecule has 0 radical (unpaired) electrons. The van der Waals surface area contributed by atoms with Crippen molar-refractivity contribution in [3.8, 4) is 0 Å². The average Bonchev–Trinajstić information content (AvgIpc) is 2.76. The van der Waals surface area contributed by atoms with Crippen LogP contribution in [0.5, 0.6) is 0 Å². The Kier molecular flexibility index (Phi) is 7.59. The predicted octanol–water partition coefficient (Wildman–Crippen LogP) is 3.93. The quantitative estimate of drug-likeness (QED) is 0.635. The second kappa shape index (κ2) is 10.0. The van der Waals surface area contributed by atoms with E-state index in [1.807, 2.05) is 32.0 Å². The number of piperidine rings is 1. The van der Waals surface area contributed by atoms with Crippen LogP contribution in [-0.2, 0) is 24.3 Å². The predicted molar refractivity (Wildman–Crippen MR) is 123 cm³/mol. The number of benzene rings is 2. The number of para-hydroxylation sites is 1. The number of sulfonamides is 1. The van der Waals surface area contributed by atoms with Gasteiger partial charge in [-0.3, -0.25) is 9.59 Å². The van der Waals surface area contributed by atoms with E-state index in [0.717, 1.165) is 11.1 Å². The minimum absolute atomic E-state index is 0.00896. The van der Waals surface area contributed by atoms with Gasteiger partial charge in [0.15, 0.2) is 6.10 Å². The lowest BCUT2D eigenvalue weighted by molar-refractivity contribution is -0.158. The molecule has 1 saturated heterocycles. The molecule has 2 aromatic rings. The van der Waals surface area contributed by atoms with Crippen LogP contribution in [0.3, 0.4) is 0 Å². The molecule has 1 amide bonds. The summed E-state index contributed by atoms with van der Waals surface area (Å²) in [5, 5.41) is 3.25. The van der Waals surface area contributed by atoms with Gasteiger partial charge in [-0.25, -0.2) is 8.42 Å². The van der Waals surface area contributed by atoms with Crippen molar-refractivity contribution in [1.82, 2.24) is 4.31 Å². The van der Waals surface area contributed by atoms with Crippen molar-refractivity contribution < 1.29 is 22.7 Å². The highest BCUT2D eigenvalue weighted by Gasteiger charge is 2.35. The Morgan fingerprint density at radius 1 is 1.12 bits per heavy atom. The second-order valence-electron chi connectivity index (χ2n) is 7.99. The van der Waals surface area contributed by atoms with Crippen LogP contribution in [0.2, 0.25) is 5.02 Å². The molecule has 0 saturated carbocycles. The number of halogens is 1. The van der Waals surface area contributed by atoms with Crippen LogP contribution in [0.25, 0.3) is 0 Å². The standard InChI is InChI=1S/C23H27ClN2O5S/c1-15-6-4-7-16(2)21(15)25-22(27)17(3)31-23(28)18-8-5-13-26(14-18)32(29,30)20-11-9-19(24)10-12-20/h4,6-7,9-12,17-18H,5,8,13-14H2,1-3H3,(H,25,27). The lowest BCUT2D eigenvalue weighted by Crippen LogP contribution is -2.44. The molecule has 9 heteroatoms. The fourth-order valence-electron chi connectivity index (χ4n) is 3.67. The third-order valence-corrected chi connectivity index (χ3v) is 7.69. The van der Waals surface area contributed by atoms with Gasteiger partial charge in [-0.2, -0.15) is 4.31 Å². The topological polar surface area (TPSA) is 92.8 Å². The molecule has 0 spiro atoms. The minimum Gasteiger partial charge on any atom is -0.452 e. The number of esters is 1. The van der Waals surface area contributed by atoms with Crippen LogP contribution in [0.4, 0.5) is 5.69 Å². The zero-order valence-corrected chi connectivity index (χ0v) is 19.9. The van der Waals surface area contributed by atoms with Crippen molar-refractivity contribution in [3.05, 3.63) is 58.6 Å². The summed E-state index contributed by atoms with van der Waals surface area (Å²) in [6.07, 6.45) is 0.0106. The smallest absolute Gasteiger partial charge is 0.311 e. The molecule has 1 fully saturated rings. The number of carbonyl (C=O) groups excluding carboxylic acids is 2. The fraction of sp³-hybridized carbons (Fsp3) is 0.391. The van der Waals surface area contributed by atoms with E-state index in [9.17, 15) is 18.0 Å². The van der Waals surface area contributed by atoms with Gasteiger partial charge >= 0.3 is 5.97 Å². The van der Waals surface area contributed by atoms with E-state index in [2.05, 4.69) is 5.32 Å². The van der Waals surface area contributed by atoms with Crippen molar-refractivity contribution >= 4 is 39.2 Å². The van der Waals surface area contributed by atoms with Gasteiger partial charge in [0.05, 0.1) is 10.8 Å². The molecule has 0 bridgehead atoms. The maximum absolute atomic E-state index is 12.9. The molecule has 3 rings (SSSR count). The van der Waals surface area contributed by atoms with E-state index in [0.29, 0.717) is 30.1 Å². The van der Waals surface area contributed by atoms with Crippen LogP contribution in [0.15, 0.2) is 47.4 Å². The molecule has 0 aromatic heterocycles. The molecule has 1 heterocycles. The summed E-state index contributed by atoms with van der Waals surface area (Å²) >= 11 is 5.85. The zero-order chi connectivity index (χ0) is 23.5. The first-order valence-corrected chi connectivity index (χ1v) is 12.2. The normalized spacial score (nSPS) is 18.1. The Hall–Kier alpha value is -2.42. The van der Waals surface area contributed by atoms with E-state index in [1.165, 1.54) is 35.5 Å². The molecule has 2 atom stereocenters. The maximum Gasteiger partial charge on any atom is 0.311 e. The maximum atomic E-state index is 12.9. The molecular formula is C23H27ClN2O5S. The molecule has 2 unspecified atom stereocenters. The first-order valence-electron chi connectivity index (χ1n) is 10.4. The lowest BCUT2D eigenvalue weighted by Gasteiger charge is -2.31. The number of hydrogen-bond donors (Lipinski definition) is 1. The molecule has 1 aliphatic rings. The second-order valence-corrected chi connectivity index (χ2v) is 10.4. The van der Waals surface area contributed by atoms with Gasteiger partial charge in [0.25, 0.3) is 5.91 Å². The Bertz CT molecular complexity index is 1080. The first kappa shape index (κ1) is 24.2. The van der Waals surface area contributed by atoms with Gasteiger partial charge in [-0.1, -0.05) is 29.8 Å². The molecule has 1 aliphatic heterocycles. The number of nitrogens with one attached hydrogen (secondary N) is 1. The number of anilines is 1. The highest BCUT2D eigenvalue weighted by Crippen LogP contribution is 2.26. The van der Waals surface area contributed by atoms with Crippen molar-refractivity contribution in [2.75, 3.05) is 18.4 Å². The van der Waals surface area contributed by atoms with Crippen molar-refractivity contribution in [2.24, 2.45) is 5.92 Å². The van der Waals surface area contributed by atoms with Crippen molar-refractivity contribution in [3.63, 3.8) is 0 Å². The summed E-state index contributed by atoms with van der Waals surface area (Å²) < 4.78 is 32.5. The Morgan fingerprint density at radius 3 is 2.38 bits per heavy atom. The largest absolute Gasteiger partial charge is 0.452 e. The highest BCUT2D eigenvalue weighted by molar-refractivity contribution is 7.89. The number of rotatable bonds is 6. The van der Waals surface area contributed by atoms with Gasteiger partial charge in [-0.15, -0.1) is 0 Å². The van der Waals surface area contributed by atoms with Crippen LogP contribution in [0.1, 0.15) is 30.9 Å². The molecule has 2 aromatic carbocycles. The van der Waals surface area contributed by atoms with Gasteiger partial charge in [0.1, 0.15) is 0 Å². The Morgan fingerprint density at radius 2 is 1.75 bits per heavy atom. The van der Waals surface area contributed by atoms with Gasteiger partial charge in [0.2, 0.25) is 10.0 Å². The van der Waals surface area contributed by atoms with E-state index in [-0.39, 0.29) is 11.4 Å². The first-order chi connectivity index (χ1) is 15.1. The number of amides is 1. The van der Waals surface area contributed by atoms with E-state index in [1.54, 1.807) is 0 Å². The Balaban J connectivity index is 1.63. The zero-order valence-electron chi connectivity index (χ0n) is 18.3. The third-order valence-electron chi connectivity index (χ3n) is 5.56. The summed E-state index contributed by atoms with van der Waals surface area (Å²) in [4.78, 5) is 25.4. The van der Waals surface area contributed by atoms with Crippen LogP contribution >= 0.6 is 11.6 Å². The number of ether oxygens (including phenoxy) is 1. The summed E-state index contributed by atoms with van der Waals surface area (Å²) in [5.41, 5.74) is 2.51. The number of hydrogen-bond acceptors (Lipinski definition) is 5. The van der Waals surface area contributed by atoms with Crippen LogP contribution < -0.4 is 5.32 Å². The fourth-order valence-corrected chi connectivity index (χ4v) is 5.32. The molecule has 32 heavy (non-hydrogen) atoms. The van der Waals surface area contributed by atoms with Crippen LogP contribution in [-0.4, -0.2) is 43.8 Å². The molecule has 172 valence electrons. The lowest BCUT2D eigenvalue weighted by atomic mass is 10.00. The Labute approximate surface area is 193 Å². The molecule has 7 nitrogen and oxygen atoms in total. The third kappa shape index (κ3) is 5.49. The number of nitrogens with zero attached hydrogens (tertiary/aromatic N) is 1. The van der Waals surface area contributed by atoms with Crippen molar-refractivity contribution in [1.29, 1.82) is 0 Å². The monoisotopic (exact) mass is 478 g/mol. The molecule has 0 aliphatic carbocycles. The van der Waals surface area contributed by atoms with Gasteiger partial charge in [-0.05, 0) is 69.0 Å². The average molecular weight is 479 g/mol. The van der Waals surface area contributed by atoms with Crippen molar-refractivity contribution in [2.45, 2.75) is 44.6 Å². The van der Waals surface area contributed by atoms with E-state index < -0.39 is 33.9 Å². The highest BCUT2D eigenvalue weighted by atomic mass is 35.5. The molecule has 1 N–H and O–H groups in total. The summed E-state index contributed by atoms with van der Waals surface area (Å²) in [6.45, 7) is 5.60. The van der Waals surface area contributed by atoms with E-state index >= 15 is 0 Å². The minimum atomic E-state index is -3.75. The SMILES string of the molecule is Cc1cccc(C)c1NC(=O)C(C)OC(=O)C1CCCN(S(=O)(=O)c2ccc(Cl)cc2)C1. The van der Waals surface area contributed by atoms with Crippen LogP contribution in [0, 0.1) is 19.8 Å². The summed E-state index contributed by atoms with van der Waals surface area (Å²) in [6, 6.07) is 11.6. The summed E-state index contributed by atoms with van der Waals surface area (Å²) in [7, 11) is -3.75. The van der Waals surface area contributed by atoms with Gasteiger partial charge < -0.3 is 10.1 Å². The summed E-state index contributed by atoms with van der Waals surface area (Å²) in [5.74, 6) is -1.65. The number of aryl methyl sites for hydroxylation is 2. The van der Waals surface area contributed by atoms with Gasteiger partial charge in [0, 0.05) is 23.8 Å². The number of carbonyl (C=O) groups is 2.